The van der Waals surface area contributed by atoms with E-state index < -0.39 is 5.60 Å². The SMILES string of the molecule is Cc1ccc(C)c2c1C=C(C1(O)C(c3ccccc3)=CC(C(C)(C)C)=CC1C(C)(C)C)C2. The molecular weight excluding hydrogens is 388 g/mol. The third kappa shape index (κ3) is 3.71. The van der Waals surface area contributed by atoms with Gasteiger partial charge in [0.1, 0.15) is 5.60 Å². The van der Waals surface area contributed by atoms with Crippen molar-refractivity contribution < 1.29 is 5.11 Å². The van der Waals surface area contributed by atoms with Crippen LogP contribution in [-0.2, 0) is 6.42 Å². The average molecular weight is 427 g/mol. The van der Waals surface area contributed by atoms with Gasteiger partial charge in [-0.25, -0.2) is 0 Å². The maximum absolute atomic E-state index is 12.8. The lowest BCUT2D eigenvalue weighted by molar-refractivity contribution is 0.0381. The molecule has 0 radical (unpaired) electrons. The number of benzene rings is 2. The Kier molecular flexibility index (Phi) is 5.41. The predicted octanol–water partition coefficient (Wildman–Crippen LogP) is 7.71. The van der Waals surface area contributed by atoms with E-state index in [0.29, 0.717) is 0 Å². The minimum atomic E-state index is -1.06. The minimum absolute atomic E-state index is 0.00502. The molecule has 0 saturated carbocycles. The molecule has 1 nitrogen and oxygen atoms in total. The molecule has 0 bridgehead atoms. The van der Waals surface area contributed by atoms with Crippen LogP contribution < -0.4 is 0 Å². The maximum Gasteiger partial charge on any atom is 0.119 e. The Hall–Kier alpha value is -2.38. The summed E-state index contributed by atoms with van der Waals surface area (Å²) in [6.07, 6.45) is 7.70. The third-order valence-electron chi connectivity index (χ3n) is 7.38. The molecule has 2 aliphatic rings. The van der Waals surface area contributed by atoms with Crippen molar-refractivity contribution in [2.75, 3.05) is 0 Å². The number of allylic oxidation sites excluding steroid dienone is 2. The van der Waals surface area contributed by atoms with Gasteiger partial charge in [-0.3, -0.25) is 0 Å². The molecule has 0 saturated heterocycles. The van der Waals surface area contributed by atoms with Gasteiger partial charge in [0, 0.05) is 5.92 Å². The van der Waals surface area contributed by atoms with Gasteiger partial charge in [-0.15, -0.1) is 0 Å². The number of hydrogen-bond donors (Lipinski definition) is 1. The van der Waals surface area contributed by atoms with Gasteiger partial charge in [0.25, 0.3) is 0 Å². The zero-order valence-corrected chi connectivity index (χ0v) is 21.0. The Balaban J connectivity index is 1.98. The Morgan fingerprint density at radius 2 is 1.47 bits per heavy atom. The highest BCUT2D eigenvalue weighted by Gasteiger charge is 2.51. The first kappa shape index (κ1) is 22.8. The zero-order valence-electron chi connectivity index (χ0n) is 21.0. The summed E-state index contributed by atoms with van der Waals surface area (Å²) in [7, 11) is 0. The fraction of sp³-hybridized carbons (Fsp3) is 0.419. The molecular formula is C31H38O. The molecule has 0 fully saturated rings. The molecule has 2 aliphatic carbocycles. The first-order valence-electron chi connectivity index (χ1n) is 11.9. The normalized spacial score (nSPS) is 23.4. The van der Waals surface area contributed by atoms with Crippen molar-refractivity contribution in [1.29, 1.82) is 0 Å². The maximum atomic E-state index is 12.8. The summed E-state index contributed by atoms with van der Waals surface area (Å²) in [5, 5.41) is 12.8. The highest BCUT2D eigenvalue weighted by Crippen LogP contribution is 2.54. The monoisotopic (exact) mass is 426 g/mol. The number of fused-ring (bicyclic) bond motifs is 1. The lowest BCUT2D eigenvalue weighted by Crippen LogP contribution is -2.48. The third-order valence-corrected chi connectivity index (χ3v) is 7.38. The van der Waals surface area contributed by atoms with Crippen LogP contribution in [-0.4, -0.2) is 10.7 Å². The van der Waals surface area contributed by atoms with Gasteiger partial charge in [-0.05, 0) is 75.6 Å². The molecule has 32 heavy (non-hydrogen) atoms. The molecule has 1 N–H and O–H groups in total. The second kappa shape index (κ2) is 7.59. The van der Waals surface area contributed by atoms with E-state index in [1.165, 1.54) is 27.8 Å². The molecule has 0 aliphatic heterocycles. The standard InChI is InChI=1S/C31H38O/c1-20-14-15-21(2)26-17-24(16-25(20)26)31(32)27(22-12-10-9-11-13-22)18-23(29(3,4)5)19-28(31)30(6,7)8/h9-16,18-19,28,32H,17H2,1-8H3. The van der Waals surface area contributed by atoms with E-state index in [0.717, 1.165) is 23.1 Å². The van der Waals surface area contributed by atoms with E-state index in [9.17, 15) is 5.11 Å². The quantitative estimate of drug-likeness (QED) is 0.521. The average Bonchev–Trinajstić information content (AvgIpc) is 3.17. The lowest BCUT2D eigenvalue weighted by atomic mass is 9.59. The van der Waals surface area contributed by atoms with Gasteiger partial charge < -0.3 is 5.11 Å². The molecule has 0 amide bonds. The Bertz CT molecular complexity index is 1130. The zero-order chi connectivity index (χ0) is 23.5. The van der Waals surface area contributed by atoms with E-state index >= 15 is 0 Å². The molecule has 0 heterocycles. The van der Waals surface area contributed by atoms with E-state index in [2.05, 4.69) is 110 Å². The van der Waals surface area contributed by atoms with Crippen molar-refractivity contribution in [1.82, 2.24) is 0 Å². The van der Waals surface area contributed by atoms with Gasteiger partial charge in [-0.1, -0.05) is 102 Å². The van der Waals surface area contributed by atoms with Crippen LogP contribution in [0.5, 0.6) is 0 Å². The van der Waals surface area contributed by atoms with E-state index in [-0.39, 0.29) is 16.7 Å². The highest BCUT2D eigenvalue weighted by atomic mass is 16.3. The molecule has 2 aromatic rings. The molecule has 1 heteroatoms. The van der Waals surface area contributed by atoms with Crippen LogP contribution in [0, 0.1) is 30.6 Å². The summed E-state index contributed by atoms with van der Waals surface area (Å²) in [5.74, 6) is -0.0365. The minimum Gasteiger partial charge on any atom is -0.380 e. The summed E-state index contributed by atoms with van der Waals surface area (Å²) in [6, 6.07) is 14.9. The molecule has 4 rings (SSSR count). The summed E-state index contributed by atoms with van der Waals surface area (Å²) in [4.78, 5) is 0. The number of aryl methyl sites for hydroxylation is 2. The molecule has 2 atom stereocenters. The van der Waals surface area contributed by atoms with Crippen LogP contribution in [0.4, 0.5) is 0 Å². The largest absolute Gasteiger partial charge is 0.380 e. The van der Waals surface area contributed by atoms with Crippen LogP contribution in [0.2, 0.25) is 0 Å². The molecule has 0 spiro atoms. The summed E-state index contributed by atoms with van der Waals surface area (Å²) >= 11 is 0. The first-order chi connectivity index (χ1) is 14.8. The fourth-order valence-corrected chi connectivity index (χ4v) is 5.41. The number of rotatable bonds is 2. The van der Waals surface area contributed by atoms with Crippen molar-refractivity contribution in [3.8, 4) is 0 Å². The highest BCUT2D eigenvalue weighted by molar-refractivity contribution is 5.84. The summed E-state index contributed by atoms with van der Waals surface area (Å²) in [5.41, 5.74) is 8.61. The molecule has 0 aromatic heterocycles. The van der Waals surface area contributed by atoms with E-state index in [1.54, 1.807) is 0 Å². The van der Waals surface area contributed by atoms with Gasteiger partial charge in [0.05, 0.1) is 0 Å². The van der Waals surface area contributed by atoms with Gasteiger partial charge in [0.2, 0.25) is 0 Å². The van der Waals surface area contributed by atoms with Crippen molar-refractivity contribution in [3.63, 3.8) is 0 Å². The topological polar surface area (TPSA) is 20.2 Å². The summed E-state index contributed by atoms with van der Waals surface area (Å²) < 4.78 is 0. The van der Waals surface area contributed by atoms with Crippen LogP contribution >= 0.6 is 0 Å². The second-order valence-electron chi connectivity index (χ2n) is 11.8. The van der Waals surface area contributed by atoms with Crippen molar-refractivity contribution in [3.05, 3.63) is 93.6 Å². The Morgan fingerprint density at radius 3 is 2.03 bits per heavy atom. The second-order valence-corrected chi connectivity index (χ2v) is 11.8. The van der Waals surface area contributed by atoms with Crippen LogP contribution in [0.15, 0.2) is 65.8 Å². The lowest BCUT2D eigenvalue weighted by Gasteiger charge is -2.48. The number of hydrogen-bond acceptors (Lipinski definition) is 1. The van der Waals surface area contributed by atoms with Gasteiger partial charge in [0.15, 0.2) is 0 Å². The first-order valence-corrected chi connectivity index (χ1v) is 11.9. The molecule has 2 unspecified atom stereocenters. The fourth-order valence-electron chi connectivity index (χ4n) is 5.41. The molecule has 2 aromatic carbocycles. The van der Waals surface area contributed by atoms with Crippen LogP contribution in [0.1, 0.15) is 69.4 Å². The van der Waals surface area contributed by atoms with Crippen molar-refractivity contribution >= 4 is 11.6 Å². The van der Waals surface area contributed by atoms with Gasteiger partial charge >= 0.3 is 0 Å². The van der Waals surface area contributed by atoms with Crippen molar-refractivity contribution in [2.45, 2.75) is 67.4 Å². The predicted molar refractivity (Wildman–Crippen MR) is 137 cm³/mol. The number of aliphatic hydroxyl groups is 1. The van der Waals surface area contributed by atoms with E-state index in [4.69, 9.17) is 0 Å². The van der Waals surface area contributed by atoms with Crippen LogP contribution in [0.25, 0.3) is 11.6 Å². The summed E-state index contributed by atoms with van der Waals surface area (Å²) in [6.45, 7) is 17.9. The van der Waals surface area contributed by atoms with Crippen molar-refractivity contribution in [2.24, 2.45) is 16.7 Å². The van der Waals surface area contributed by atoms with Gasteiger partial charge in [-0.2, -0.15) is 0 Å². The van der Waals surface area contributed by atoms with E-state index in [1.807, 2.05) is 6.07 Å². The smallest absolute Gasteiger partial charge is 0.119 e. The Morgan fingerprint density at radius 1 is 0.844 bits per heavy atom. The molecule has 168 valence electrons. The Labute approximate surface area is 194 Å². The van der Waals surface area contributed by atoms with Crippen LogP contribution in [0.3, 0.4) is 0 Å².